The van der Waals surface area contributed by atoms with Crippen molar-refractivity contribution in [2.24, 2.45) is 0 Å². The van der Waals surface area contributed by atoms with E-state index in [1.807, 2.05) is 6.20 Å². The molecule has 0 aliphatic rings. The Balaban J connectivity index is 1.99. The minimum Gasteiger partial charge on any atom is -0.362 e. The van der Waals surface area contributed by atoms with Gasteiger partial charge in [-0.05, 0) is 20.5 Å². The fourth-order valence-electron chi connectivity index (χ4n) is 1.56. The van der Waals surface area contributed by atoms with Gasteiger partial charge in [0.1, 0.15) is 0 Å². The molecule has 104 valence electrons. The van der Waals surface area contributed by atoms with Crippen molar-refractivity contribution < 1.29 is 0 Å². The van der Waals surface area contributed by atoms with Crippen molar-refractivity contribution in [2.45, 2.75) is 19.8 Å². The SMILES string of the molecule is CCCNc1nc(-c2cnc(CCN(C)C)s2)cs1. The summed E-state index contributed by atoms with van der Waals surface area (Å²) in [6.07, 6.45) is 4.06. The van der Waals surface area contributed by atoms with E-state index in [2.05, 4.69) is 46.6 Å². The third-order valence-corrected chi connectivity index (χ3v) is 4.49. The van der Waals surface area contributed by atoms with E-state index in [4.69, 9.17) is 0 Å². The quantitative estimate of drug-likeness (QED) is 0.852. The van der Waals surface area contributed by atoms with Gasteiger partial charge in [0.05, 0.1) is 15.6 Å². The number of likely N-dealkylation sites (N-methyl/N-ethyl adjacent to an activating group) is 1. The van der Waals surface area contributed by atoms with Crippen molar-refractivity contribution in [3.8, 4) is 10.6 Å². The highest BCUT2D eigenvalue weighted by atomic mass is 32.1. The van der Waals surface area contributed by atoms with Gasteiger partial charge in [-0.1, -0.05) is 6.92 Å². The number of hydrogen-bond acceptors (Lipinski definition) is 6. The molecule has 2 aromatic rings. The van der Waals surface area contributed by atoms with Crippen molar-refractivity contribution in [3.63, 3.8) is 0 Å². The van der Waals surface area contributed by atoms with E-state index >= 15 is 0 Å². The van der Waals surface area contributed by atoms with Crippen LogP contribution in [0.2, 0.25) is 0 Å². The maximum atomic E-state index is 4.59. The number of nitrogens with one attached hydrogen (secondary N) is 1. The molecule has 0 saturated carbocycles. The van der Waals surface area contributed by atoms with Crippen LogP contribution in [0.5, 0.6) is 0 Å². The van der Waals surface area contributed by atoms with Gasteiger partial charge in [-0.25, -0.2) is 9.97 Å². The minimum absolute atomic E-state index is 0.976. The summed E-state index contributed by atoms with van der Waals surface area (Å²) in [5.41, 5.74) is 1.04. The summed E-state index contributed by atoms with van der Waals surface area (Å²) in [6.45, 7) is 4.17. The lowest BCUT2D eigenvalue weighted by atomic mass is 10.4. The molecule has 6 heteroatoms. The Morgan fingerprint density at radius 2 is 2.21 bits per heavy atom. The summed E-state index contributed by atoms with van der Waals surface area (Å²) >= 11 is 3.40. The van der Waals surface area contributed by atoms with Crippen LogP contribution in [0.25, 0.3) is 10.6 Å². The molecule has 0 aliphatic carbocycles. The van der Waals surface area contributed by atoms with E-state index in [-0.39, 0.29) is 0 Å². The average molecular weight is 296 g/mol. The molecule has 2 heterocycles. The van der Waals surface area contributed by atoms with Crippen LogP contribution in [-0.2, 0) is 6.42 Å². The lowest BCUT2D eigenvalue weighted by Crippen LogP contribution is -2.14. The van der Waals surface area contributed by atoms with Crippen LogP contribution in [-0.4, -0.2) is 42.1 Å². The molecule has 2 aromatic heterocycles. The number of thiazole rings is 2. The third-order valence-electron chi connectivity index (χ3n) is 2.61. The molecule has 0 aliphatic heterocycles. The van der Waals surface area contributed by atoms with E-state index in [9.17, 15) is 0 Å². The first-order valence-electron chi connectivity index (χ1n) is 6.48. The second-order valence-corrected chi connectivity index (χ2v) is 6.61. The molecule has 0 spiro atoms. The Morgan fingerprint density at radius 3 is 2.95 bits per heavy atom. The second-order valence-electron chi connectivity index (χ2n) is 4.64. The molecule has 1 N–H and O–H groups in total. The first-order valence-corrected chi connectivity index (χ1v) is 8.18. The maximum absolute atomic E-state index is 4.59. The zero-order valence-corrected chi connectivity index (χ0v) is 13.3. The zero-order valence-electron chi connectivity index (χ0n) is 11.6. The Morgan fingerprint density at radius 1 is 1.37 bits per heavy atom. The summed E-state index contributed by atoms with van der Waals surface area (Å²) in [4.78, 5) is 12.4. The molecule has 0 fully saturated rings. The molecule has 0 bridgehead atoms. The molecule has 0 unspecified atom stereocenters. The summed E-state index contributed by atoms with van der Waals surface area (Å²) in [5.74, 6) is 0. The minimum atomic E-state index is 0.976. The summed E-state index contributed by atoms with van der Waals surface area (Å²) < 4.78 is 0. The highest BCUT2D eigenvalue weighted by Gasteiger charge is 2.08. The van der Waals surface area contributed by atoms with Crippen molar-refractivity contribution in [2.75, 3.05) is 32.5 Å². The molecule has 0 saturated heterocycles. The molecule has 2 rings (SSSR count). The number of aromatic nitrogens is 2. The van der Waals surface area contributed by atoms with Gasteiger partial charge in [-0.2, -0.15) is 0 Å². The molecule has 0 aromatic carbocycles. The van der Waals surface area contributed by atoms with Crippen LogP contribution in [0.1, 0.15) is 18.4 Å². The van der Waals surface area contributed by atoms with Gasteiger partial charge in [-0.15, -0.1) is 22.7 Å². The summed E-state index contributed by atoms with van der Waals surface area (Å²) in [6, 6.07) is 0. The Hall–Kier alpha value is -0.980. The van der Waals surface area contributed by atoms with E-state index < -0.39 is 0 Å². The van der Waals surface area contributed by atoms with Crippen molar-refractivity contribution >= 4 is 27.8 Å². The van der Waals surface area contributed by atoms with Gasteiger partial charge in [0.25, 0.3) is 0 Å². The van der Waals surface area contributed by atoms with E-state index in [0.29, 0.717) is 0 Å². The normalized spacial score (nSPS) is 11.2. The molecule has 0 radical (unpaired) electrons. The number of anilines is 1. The van der Waals surface area contributed by atoms with E-state index in [1.165, 1.54) is 5.01 Å². The van der Waals surface area contributed by atoms with Crippen molar-refractivity contribution in [1.29, 1.82) is 0 Å². The zero-order chi connectivity index (χ0) is 13.7. The first-order chi connectivity index (χ1) is 9.19. The van der Waals surface area contributed by atoms with Crippen LogP contribution in [0, 0.1) is 0 Å². The van der Waals surface area contributed by atoms with Gasteiger partial charge < -0.3 is 10.2 Å². The molecule has 0 amide bonds. The van der Waals surface area contributed by atoms with Gasteiger partial charge in [-0.3, -0.25) is 0 Å². The highest BCUT2D eigenvalue weighted by Crippen LogP contribution is 2.29. The smallest absolute Gasteiger partial charge is 0.183 e. The largest absolute Gasteiger partial charge is 0.362 e. The van der Waals surface area contributed by atoms with Gasteiger partial charge in [0, 0.05) is 31.1 Å². The van der Waals surface area contributed by atoms with E-state index in [1.54, 1.807) is 22.7 Å². The topological polar surface area (TPSA) is 41.1 Å². The predicted octanol–water partition coefficient (Wildman–Crippen LogP) is 3.19. The Bertz CT molecular complexity index is 504. The van der Waals surface area contributed by atoms with Crippen LogP contribution in [0.4, 0.5) is 5.13 Å². The van der Waals surface area contributed by atoms with Crippen LogP contribution >= 0.6 is 22.7 Å². The molecule has 19 heavy (non-hydrogen) atoms. The van der Waals surface area contributed by atoms with Crippen molar-refractivity contribution in [3.05, 3.63) is 16.6 Å². The molecule has 4 nitrogen and oxygen atoms in total. The van der Waals surface area contributed by atoms with Gasteiger partial charge >= 0.3 is 0 Å². The fraction of sp³-hybridized carbons (Fsp3) is 0.538. The predicted molar refractivity (Wildman–Crippen MR) is 84.3 cm³/mol. The summed E-state index contributed by atoms with van der Waals surface area (Å²) in [7, 11) is 4.17. The van der Waals surface area contributed by atoms with Gasteiger partial charge in [0.2, 0.25) is 0 Å². The Kier molecular flexibility index (Phi) is 5.30. The standard InChI is InChI=1S/C13H20N4S2/c1-4-6-14-13-16-10(9-18-13)11-8-15-12(19-11)5-7-17(2)3/h8-9H,4-7H2,1-3H3,(H,14,16). The lowest BCUT2D eigenvalue weighted by molar-refractivity contribution is 0.413. The first kappa shape index (κ1) is 14.4. The lowest BCUT2D eigenvalue weighted by Gasteiger charge is -2.06. The molecular formula is C13H20N4S2. The summed E-state index contributed by atoms with van der Waals surface area (Å²) in [5, 5.41) is 7.60. The highest BCUT2D eigenvalue weighted by molar-refractivity contribution is 7.16. The number of rotatable bonds is 7. The molecular weight excluding hydrogens is 276 g/mol. The Labute approximate surface area is 122 Å². The number of hydrogen-bond donors (Lipinski definition) is 1. The fourth-order valence-corrected chi connectivity index (χ4v) is 3.24. The van der Waals surface area contributed by atoms with Crippen molar-refractivity contribution in [1.82, 2.24) is 14.9 Å². The van der Waals surface area contributed by atoms with Gasteiger partial charge in [0.15, 0.2) is 5.13 Å². The van der Waals surface area contributed by atoms with Crippen LogP contribution in [0.15, 0.2) is 11.6 Å². The van der Waals surface area contributed by atoms with E-state index in [0.717, 1.165) is 41.6 Å². The maximum Gasteiger partial charge on any atom is 0.183 e. The molecule has 0 atom stereocenters. The monoisotopic (exact) mass is 296 g/mol. The third kappa shape index (κ3) is 4.26. The van der Waals surface area contributed by atoms with Crippen LogP contribution in [0.3, 0.4) is 0 Å². The van der Waals surface area contributed by atoms with Crippen LogP contribution < -0.4 is 5.32 Å². The average Bonchev–Trinajstić information content (AvgIpc) is 3.02. The number of nitrogens with zero attached hydrogens (tertiary/aromatic N) is 3. The second kappa shape index (κ2) is 6.98.